The van der Waals surface area contributed by atoms with Gasteiger partial charge in [0.15, 0.2) is 0 Å². The predicted molar refractivity (Wildman–Crippen MR) is 63.2 cm³/mol. The third-order valence-corrected chi connectivity index (χ3v) is 3.93. The molecular formula is C10H12FN3O2S. The van der Waals surface area contributed by atoms with Gasteiger partial charge < -0.3 is 10.7 Å². The van der Waals surface area contributed by atoms with Crippen LogP contribution in [-0.2, 0) is 9.84 Å². The van der Waals surface area contributed by atoms with Crippen LogP contribution in [0.15, 0.2) is 23.4 Å². The van der Waals surface area contributed by atoms with E-state index in [0.29, 0.717) is 16.7 Å². The highest BCUT2D eigenvalue weighted by Gasteiger charge is 2.18. The number of nitrogens with one attached hydrogen (secondary N) is 1. The van der Waals surface area contributed by atoms with Crippen molar-refractivity contribution in [3.05, 3.63) is 18.2 Å². The Hall–Kier alpha value is -1.63. The molecule has 17 heavy (non-hydrogen) atoms. The molecule has 3 N–H and O–H groups in total. The van der Waals surface area contributed by atoms with E-state index >= 15 is 0 Å². The number of hydrogen-bond donors (Lipinski definition) is 2. The van der Waals surface area contributed by atoms with Gasteiger partial charge in [-0.2, -0.15) is 0 Å². The summed E-state index contributed by atoms with van der Waals surface area (Å²) in [6, 6.07) is 4.88. The first-order valence-electron chi connectivity index (χ1n) is 5.07. The lowest BCUT2D eigenvalue weighted by atomic mass is 10.3. The van der Waals surface area contributed by atoms with E-state index in [4.69, 9.17) is 5.73 Å². The Kier molecular flexibility index (Phi) is 3.01. The number of fused-ring (bicyclic) bond motifs is 1. The fourth-order valence-corrected chi connectivity index (χ4v) is 2.68. The quantitative estimate of drug-likeness (QED) is 0.807. The molecule has 5 nitrogen and oxygen atoms in total. The molecule has 1 aromatic heterocycles. The number of imidazole rings is 1. The van der Waals surface area contributed by atoms with Crippen molar-refractivity contribution < 1.29 is 12.8 Å². The summed E-state index contributed by atoms with van der Waals surface area (Å²) in [6.07, 6.45) is -0.0263. The minimum atomic E-state index is -3.54. The zero-order valence-corrected chi connectivity index (χ0v) is 9.80. The van der Waals surface area contributed by atoms with Crippen LogP contribution in [0, 0.1) is 0 Å². The molecule has 2 aromatic rings. The van der Waals surface area contributed by atoms with Crippen molar-refractivity contribution in [3.63, 3.8) is 0 Å². The average molecular weight is 257 g/mol. The Balaban J connectivity index is 2.43. The van der Waals surface area contributed by atoms with Gasteiger partial charge in [-0.25, -0.2) is 13.4 Å². The first kappa shape index (κ1) is 11.8. The SMILES string of the molecule is Nc1ccc2nc(S(=O)(=O)CCCF)[nH]c2c1. The molecule has 0 saturated heterocycles. The Labute approximate surface area is 97.8 Å². The molecule has 0 atom stereocenters. The molecule has 0 aliphatic carbocycles. The Morgan fingerprint density at radius 1 is 1.41 bits per heavy atom. The number of rotatable bonds is 4. The highest BCUT2D eigenvalue weighted by atomic mass is 32.2. The van der Waals surface area contributed by atoms with Gasteiger partial charge in [-0.1, -0.05) is 0 Å². The molecular weight excluding hydrogens is 245 g/mol. The van der Waals surface area contributed by atoms with Gasteiger partial charge in [-0.15, -0.1) is 0 Å². The fraction of sp³-hybridized carbons (Fsp3) is 0.300. The summed E-state index contributed by atoms with van der Waals surface area (Å²) in [5.74, 6) is -0.251. The predicted octanol–water partition coefficient (Wildman–Crippen LogP) is 1.28. The number of halogens is 1. The Morgan fingerprint density at radius 3 is 2.88 bits per heavy atom. The van der Waals surface area contributed by atoms with Crippen molar-refractivity contribution in [2.45, 2.75) is 11.6 Å². The summed E-state index contributed by atoms with van der Waals surface area (Å²) in [5, 5.41) is -0.133. The van der Waals surface area contributed by atoms with Crippen molar-refractivity contribution >= 4 is 26.6 Å². The minimum absolute atomic E-state index is 0.0263. The molecule has 92 valence electrons. The van der Waals surface area contributed by atoms with Crippen LogP contribution in [0.5, 0.6) is 0 Å². The summed E-state index contributed by atoms with van der Waals surface area (Å²) in [5.41, 5.74) is 7.18. The number of benzene rings is 1. The maximum Gasteiger partial charge on any atom is 0.226 e. The summed E-state index contributed by atoms with van der Waals surface area (Å²) >= 11 is 0. The highest BCUT2D eigenvalue weighted by molar-refractivity contribution is 7.91. The number of nitrogen functional groups attached to an aromatic ring is 1. The third kappa shape index (κ3) is 2.38. The van der Waals surface area contributed by atoms with Gasteiger partial charge in [0.05, 0.1) is 23.5 Å². The molecule has 0 radical (unpaired) electrons. The van der Waals surface area contributed by atoms with Crippen LogP contribution < -0.4 is 5.73 Å². The van der Waals surface area contributed by atoms with Gasteiger partial charge in [-0.3, -0.25) is 4.39 Å². The lowest BCUT2D eigenvalue weighted by molar-refractivity contribution is 0.484. The number of hydrogen-bond acceptors (Lipinski definition) is 4. The number of aromatic nitrogens is 2. The molecule has 0 amide bonds. The van der Waals surface area contributed by atoms with Crippen molar-refractivity contribution in [3.8, 4) is 0 Å². The van der Waals surface area contributed by atoms with Gasteiger partial charge in [0.25, 0.3) is 0 Å². The molecule has 0 unspecified atom stereocenters. The second-order valence-corrected chi connectivity index (χ2v) is 5.70. The second kappa shape index (κ2) is 4.33. The molecule has 1 aromatic carbocycles. The number of alkyl halides is 1. The highest BCUT2D eigenvalue weighted by Crippen LogP contribution is 2.18. The van der Waals surface area contributed by atoms with E-state index < -0.39 is 16.5 Å². The standard InChI is InChI=1S/C10H12FN3O2S/c11-4-1-5-17(15,16)10-13-8-3-2-7(12)6-9(8)14-10/h2-3,6H,1,4-5,12H2,(H,13,14). The third-order valence-electron chi connectivity index (χ3n) is 2.33. The van der Waals surface area contributed by atoms with E-state index in [1.165, 1.54) is 0 Å². The van der Waals surface area contributed by atoms with Crippen LogP contribution in [0.25, 0.3) is 11.0 Å². The largest absolute Gasteiger partial charge is 0.399 e. The van der Waals surface area contributed by atoms with Crippen molar-refractivity contribution in [2.24, 2.45) is 0 Å². The summed E-state index contributed by atoms with van der Waals surface area (Å²) in [4.78, 5) is 6.64. The maximum absolute atomic E-state index is 12.0. The average Bonchev–Trinajstić information content (AvgIpc) is 2.70. The smallest absolute Gasteiger partial charge is 0.226 e. The fourth-order valence-electron chi connectivity index (χ4n) is 1.49. The van der Waals surface area contributed by atoms with Crippen LogP contribution in [0.1, 0.15) is 6.42 Å². The Morgan fingerprint density at radius 2 is 2.18 bits per heavy atom. The number of nitrogens with zero attached hydrogens (tertiary/aromatic N) is 1. The van der Waals surface area contributed by atoms with Gasteiger partial charge in [0, 0.05) is 5.69 Å². The molecule has 7 heteroatoms. The van der Waals surface area contributed by atoms with Gasteiger partial charge in [0.2, 0.25) is 15.0 Å². The molecule has 0 bridgehead atoms. The van der Waals surface area contributed by atoms with Gasteiger partial charge in [0.1, 0.15) is 0 Å². The molecule has 1 heterocycles. The van der Waals surface area contributed by atoms with Crippen molar-refractivity contribution in [1.82, 2.24) is 9.97 Å². The van der Waals surface area contributed by atoms with Crippen LogP contribution in [0.2, 0.25) is 0 Å². The van der Waals surface area contributed by atoms with E-state index in [-0.39, 0.29) is 17.3 Å². The van der Waals surface area contributed by atoms with Crippen LogP contribution >= 0.6 is 0 Å². The monoisotopic (exact) mass is 257 g/mol. The number of sulfone groups is 1. The molecule has 0 aliphatic heterocycles. The molecule has 0 fully saturated rings. The lowest BCUT2D eigenvalue weighted by Crippen LogP contribution is -2.09. The molecule has 2 rings (SSSR count). The summed E-state index contributed by atoms with van der Waals surface area (Å²) in [6.45, 7) is -0.660. The number of nitrogens with two attached hydrogens (primary N) is 1. The van der Waals surface area contributed by atoms with Crippen LogP contribution in [-0.4, -0.2) is 30.8 Å². The zero-order chi connectivity index (χ0) is 12.5. The molecule has 0 aliphatic rings. The van der Waals surface area contributed by atoms with Gasteiger partial charge in [-0.05, 0) is 24.6 Å². The molecule has 0 spiro atoms. The van der Waals surface area contributed by atoms with E-state index in [9.17, 15) is 12.8 Å². The van der Waals surface area contributed by atoms with Gasteiger partial charge >= 0.3 is 0 Å². The zero-order valence-electron chi connectivity index (χ0n) is 8.98. The number of anilines is 1. The molecule has 0 saturated carbocycles. The normalized spacial score (nSPS) is 12.1. The Bertz CT molecular complexity index is 636. The van der Waals surface area contributed by atoms with Crippen molar-refractivity contribution in [1.29, 1.82) is 0 Å². The summed E-state index contributed by atoms with van der Waals surface area (Å²) in [7, 11) is -3.54. The van der Waals surface area contributed by atoms with E-state index in [2.05, 4.69) is 9.97 Å². The van der Waals surface area contributed by atoms with E-state index in [1.807, 2.05) is 0 Å². The number of H-pyrrole nitrogens is 1. The minimum Gasteiger partial charge on any atom is -0.399 e. The first-order valence-corrected chi connectivity index (χ1v) is 6.72. The van der Waals surface area contributed by atoms with E-state index in [0.717, 1.165) is 0 Å². The van der Waals surface area contributed by atoms with Crippen LogP contribution in [0.4, 0.5) is 10.1 Å². The first-order chi connectivity index (χ1) is 8.03. The lowest BCUT2D eigenvalue weighted by Gasteiger charge is -1.97. The second-order valence-electron chi connectivity index (χ2n) is 3.68. The van der Waals surface area contributed by atoms with Crippen molar-refractivity contribution in [2.75, 3.05) is 18.2 Å². The van der Waals surface area contributed by atoms with E-state index in [1.54, 1.807) is 18.2 Å². The maximum atomic E-state index is 12.0. The topological polar surface area (TPSA) is 88.8 Å². The summed E-state index contributed by atoms with van der Waals surface area (Å²) < 4.78 is 35.5. The van der Waals surface area contributed by atoms with Crippen LogP contribution in [0.3, 0.4) is 0 Å². The number of aromatic amines is 1.